The number of amides is 1. The normalized spacial score (nSPS) is 17.3. The van der Waals surface area contributed by atoms with Crippen LogP contribution in [0.2, 0.25) is 0 Å². The van der Waals surface area contributed by atoms with Gasteiger partial charge in [0.2, 0.25) is 5.95 Å². The zero-order chi connectivity index (χ0) is 27.6. The minimum absolute atomic E-state index is 0.0227. The van der Waals surface area contributed by atoms with Gasteiger partial charge in [-0.1, -0.05) is 6.92 Å². The van der Waals surface area contributed by atoms with Crippen molar-refractivity contribution in [2.75, 3.05) is 37.5 Å². The maximum absolute atomic E-state index is 13.0. The van der Waals surface area contributed by atoms with Crippen molar-refractivity contribution >= 4 is 34.7 Å². The number of benzene rings is 1. The van der Waals surface area contributed by atoms with E-state index in [9.17, 15) is 4.79 Å². The monoisotopic (exact) mass is 559 g/mol. The Kier molecular flexibility index (Phi) is 7.35. The molecular formula is C28H33N9O2S. The quantitative estimate of drug-likeness (QED) is 0.328. The van der Waals surface area contributed by atoms with Gasteiger partial charge in [0, 0.05) is 18.2 Å². The van der Waals surface area contributed by atoms with Gasteiger partial charge in [-0.05, 0) is 80.0 Å². The summed E-state index contributed by atoms with van der Waals surface area (Å²) in [6.45, 7) is 4.81. The third-order valence-electron chi connectivity index (χ3n) is 7.61. The molecule has 0 aliphatic carbocycles. The van der Waals surface area contributed by atoms with E-state index in [0.717, 1.165) is 49.7 Å². The summed E-state index contributed by atoms with van der Waals surface area (Å²) < 4.78 is 7.62. The Balaban J connectivity index is 1.26. The highest BCUT2D eigenvalue weighted by Crippen LogP contribution is 2.39. The van der Waals surface area contributed by atoms with Crippen LogP contribution in [0.1, 0.15) is 54.0 Å². The highest BCUT2D eigenvalue weighted by Gasteiger charge is 2.34. The lowest BCUT2D eigenvalue weighted by atomic mass is 10.0. The molecule has 1 atom stereocenters. The van der Waals surface area contributed by atoms with Crippen LogP contribution in [0.3, 0.4) is 0 Å². The van der Waals surface area contributed by atoms with Crippen molar-refractivity contribution < 1.29 is 9.53 Å². The smallest absolute Gasteiger partial charge is 0.251 e. The molecule has 0 spiro atoms. The Labute approximate surface area is 237 Å². The van der Waals surface area contributed by atoms with Crippen LogP contribution in [0.25, 0.3) is 5.69 Å². The SMILES string of the molecule is CC[C@@H]1c2nncn2-c2cnc(Nc3ccc(C(=O)NC4CCN(C)CC4)cc3OC)nc2N1Cc1ccsc1. The lowest BCUT2D eigenvalue weighted by Crippen LogP contribution is -2.43. The number of hydrogen-bond donors (Lipinski definition) is 2. The number of hydrogen-bond acceptors (Lipinski definition) is 10. The highest BCUT2D eigenvalue weighted by molar-refractivity contribution is 7.07. The number of thiophene rings is 1. The molecule has 11 nitrogen and oxygen atoms in total. The van der Waals surface area contributed by atoms with E-state index in [2.05, 4.69) is 66.4 Å². The fourth-order valence-electron chi connectivity index (χ4n) is 5.40. The van der Waals surface area contributed by atoms with Crippen molar-refractivity contribution in [3.8, 4) is 11.4 Å². The van der Waals surface area contributed by atoms with Gasteiger partial charge in [-0.3, -0.25) is 9.36 Å². The molecule has 1 fully saturated rings. The molecule has 0 radical (unpaired) electrons. The lowest BCUT2D eigenvalue weighted by Gasteiger charge is -2.36. The van der Waals surface area contributed by atoms with Gasteiger partial charge >= 0.3 is 0 Å². The van der Waals surface area contributed by atoms with Crippen LogP contribution in [-0.4, -0.2) is 68.8 Å². The van der Waals surface area contributed by atoms with Crippen LogP contribution in [0, 0.1) is 0 Å². The van der Waals surface area contributed by atoms with Crippen molar-refractivity contribution in [1.82, 2.24) is 34.9 Å². The molecule has 1 aromatic carbocycles. The van der Waals surface area contributed by atoms with Gasteiger partial charge < -0.3 is 25.2 Å². The molecule has 5 heterocycles. The Morgan fingerprint density at radius 1 is 1.23 bits per heavy atom. The summed E-state index contributed by atoms with van der Waals surface area (Å²) in [4.78, 5) is 27.1. The second-order valence-electron chi connectivity index (χ2n) is 10.2. The van der Waals surface area contributed by atoms with Crippen LogP contribution in [0.15, 0.2) is 47.5 Å². The second kappa shape index (κ2) is 11.2. The molecule has 0 saturated carbocycles. The summed E-state index contributed by atoms with van der Waals surface area (Å²) in [7, 11) is 3.70. The van der Waals surface area contributed by atoms with Crippen LogP contribution in [0.4, 0.5) is 17.5 Å². The summed E-state index contributed by atoms with van der Waals surface area (Å²) in [5, 5.41) is 19.3. The summed E-state index contributed by atoms with van der Waals surface area (Å²) in [5.41, 5.74) is 3.28. The van der Waals surface area contributed by atoms with E-state index in [1.807, 2.05) is 10.6 Å². The summed E-state index contributed by atoms with van der Waals surface area (Å²) in [6, 6.07) is 7.73. The number of aromatic nitrogens is 5. The average Bonchev–Trinajstić information content (AvgIpc) is 3.67. The highest BCUT2D eigenvalue weighted by atomic mass is 32.1. The number of nitrogens with zero attached hydrogens (tertiary/aromatic N) is 7. The molecule has 3 aromatic heterocycles. The standard InChI is InChI=1S/C28H33N9O2S/c1-4-22-26-34-30-17-37(26)23-14-29-28(33-25(23)36(22)15-18-9-12-40-16-18)32-21-6-5-19(13-24(21)39-3)27(38)31-20-7-10-35(2)11-8-20/h5-6,9,12-14,16-17,20,22H,4,7-8,10-11,15H2,1-3H3,(H,31,38)(H,29,32,33)/t22-/m1/s1. The third kappa shape index (κ3) is 5.11. The first kappa shape index (κ1) is 26.2. The van der Waals surface area contributed by atoms with Gasteiger partial charge in [0.05, 0.1) is 25.0 Å². The van der Waals surface area contributed by atoms with Gasteiger partial charge in [-0.15, -0.1) is 10.2 Å². The molecule has 12 heteroatoms. The van der Waals surface area contributed by atoms with Gasteiger partial charge in [-0.2, -0.15) is 16.3 Å². The largest absolute Gasteiger partial charge is 0.495 e. The number of likely N-dealkylation sites (tertiary alicyclic amines) is 1. The van der Waals surface area contributed by atoms with E-state index in [1.54, 1.807) is 43.1 Å². The zero-order valence-corrected chi connectivity index (χ0v) is 23.7. The molecule has 0 bridgehead atoms. The number of carbonyl (C=O) groups is 1. The fourth-order valence-corrected chi connectivity index (χ4v) is 6.06. The van der Waals surface area contributed by atoms with Gasteiger partial charge in [0.1, 0.15) is 17.8 Å². The number of fused-ring (bicyclic) bond motifs is 3. The third-order valence-corrected chi connectivity index (χ3v) is 8.35. The molecule has 0 unspecified atom stereocenters. The molecule has 40 heavy (non-hydrogen) atoms. The average molecular weight is 560 g/mol. The van der Waals surface area contributed by atoms with E-state index < -0.39 is 0 Å². The number of carbonyl (C=O) groups excluding carboxylic acids is 1. The minimum Gasteiger partial charge on any atom is -0.495 e. The lowest BCUT2D eigenvalue weighted by molar-refractivity contribution is 0.0916. The summed E-state index contributed by atoms with van der Waals surface area (Å²) >= 11 is 1.68. The first-order chi connectivity index (χ1) is 19.5. The minimum atomic E-state index is -0.0936. The van der Waals surface area contributed by atoms with Crippen molar-refractivity contribution in [2.45, 2.75) is 44.8 Å². The van der Waals surface area contributed by atoms with Crippen molar-refractivity contribution in [3.63, 3.8) is 0 Å². The molecule has 6 rings (SSSR count). The van der Waals surface area contributed by atoms with E-state index >= 15 is 0 Å². The first-order valence-electron chi connectivity index (χ1n) is 13.5. The Morgan fingerprint density at radius 3 is 2.83 bits per heavy atom. The van der Waals surface area contributed by atoms with Crippen molar-refractivity contribution in [1.29, 1.82) is 0 Å². The molecule has 208 valence electrons. The maximum Gasteiger partial charge on any atom is 0.251 e. The van der Waals surface area contributed by atoms with E-state index in [-0.39, 0.29) is 18.0 Å². The molecule has 1 amide bonds. The van der Waals surface area contributed by atoms with Crippen LogP contribution < -0.4 is 20.3 Å². The van der Waals surface area contributed by atoms with E-state index in [4.69, 9.17) is 9.72 Å². The Hall–Kier alpha value is -4.03. The van der Waals surface area contributed by atoms with Crippen LogP contribution >= 0.6 is 11.3 Å². The second-order valence-corrected chi connectivity index (χ2v) is 11.0. The number of nitrogens with one attached hydrogen (secondary N) is 2. The number of ether oxygens (including phenoxy) is 1. The van der Waals surface area contributed by atoms with Crippen molar-refractivity contribution in [2.24, 2.45) is 0 Å². The van der Waals surface area contributed by atoms with Crippen LogP contribution in [-0.2, 0) is 6.54 Å². The number of anilines is 3. The van der Waals surface area contributed by atoms with Gasteiger partial charge in [-0.25, -0.2) is 4.98 Å². The van der Waals surface area contributed by atoms with Gasteiger partial charge in [0.25, 0.3) is 5.91 Å². The maximum atomic E-state index is 13.0. The molecular weight excluding hydrogens is 526 g/mol. The number of piperidine rings is 1. The van der Waals surface area contributed by atoms with E-state index in [1.165, 1.54) is 5.56 Å². The number of methoxy groups -OCH3 is 1. The predicted molar refractivity (Wildman–Crippen MR) is 155 cm³/mol. The van der Waals surface area contributed by atoms with Gasteiger partial charge in [0.15, 0.2) is 11.6 Å². The summed E-state index contributed by atoms with van der Waals surface area (Å²) in [5.74, 6) is 2.56. The Morgan fingerprint density at radius 2 is 2.08 bits per heavy atom. The fraction of sp³-hybridized carbons (Fsp3) is 0.393. The number of rotatable bonds is 8. The topological polar surface area (TPSA) is 113 Å². The molecule has 1 saturated heterocycles. The van der Waals surface area contributed by atoms with E-state index in [0.29, 0.717) is 29.5 Å². The first-order valence-corrected chi connectivity index (χ1v) is 14.5. The van der Waals surface area contributed by atoms with Crippen molar-refractivity contribution in [3.05, 3.63) is 64.5 Å². The molecule has 2 N–H and O–H groups in total. The summed E-state index contributed by atoms with van der Waals surface area (Å²) in [6.07, 6.45) is 6.26. The molecule has 4 aromatic rings. The molecule has 2 aliphatic rings. The predicted octanol–water partition coefficient (Wildman–Crippen LogP) is 4.17. The molecule has 2 aliphatic heterocycles. The zero-order valence-electron chi connectivity index (χ0n) is 22.9. The Bertz CT molecular complexity index is 1480. The van der Waals surface area contributed by atoms with Crippen LogP contribution in [0.5, 0.6) is 5.75 Å².